The van der Waals surface area contributed by atoms with E-state index in [0.717, 1.165) is 12.2 Å². The summed E-state index contributed by atoms with van der Waals surface area (Å²) < 4.78 is 0. The number of benzene rings is 2. The molecule has 3 nitrogen and oxygen atoms in total. The zero-order valence-corrected chi connectivity index (χ0v) is 14.7. The van der Waals surface area contributed by atoms with Gasteiger partial charge in [0.1, 0.15) is 0 Å². The number of carbonyl (C=O) groups excluding carboxylic acids is 1. The Morgan fingerprint density at radius 2 is 1.83 bits per heavy atom. The van der Waals surface area contributed by atoms with Gasteiger partial charge in [-0.25, -0.2) is 0 Å². The highest BCUT2D eigenvalue weighted by molar-refractivity contribution is 7.99. The van der Waals surface area contributed by atoms with Gasteiger partial charge in [-0.2, -0.15) is 11.8 Å². The van der Waals surface area contributed by atoms with Crippen molar-refractivity contribution in [3.63, 3.8) is 0 Å². The van der Waals surface area contributed by atoms with Crippen LogP contribution in [-0.4, -0.2) is 34.8 Å². The van der Waals surface area contributed by atoms with Crippen LogP contribution >= 0.6 is 11.8 Å². The first kappa shape index (κ1) is 17.1. The Morgan fingerprint density at radius 1 is 1.12 bits per heavy atom. The van der Waals surface area contributed by atoms with Crippen LogP contribution in [0.25, 0.3) is 0 Å². The van der Waals surface area contributed by atoms with Gasteiger partial charge < -0.3 is 10.0 Å². The molecule has 0 radical (unpaired) electrons. The van der Waals surface area contributed by atoms with E-state index < -0.39 is 6.10 Å². The summed E-state index contributed by atoms with van der Waals surface area (Å²) in [6.45, 7) is 3.52. The standard InChI is InChI=1S/C20H23NO2S/c1-15-7-5-6-10-17(15)18-11-12-21(13-14-24-18)20(23)19(22)16-8-3-2-4-9-16/h2-10,18-19,22H,11-14H2,1H3. The third-order valence-corrected chi connectivity index (χ3v) is 5.85. The van der Waals surface area contributed by atoms with Gasteiger partial charge >= 0.3 is 0 Å². The van der Waals surface area contributed by atoms with Crippen LogP contribution in [0.5, 0.6) is 0 Å². The lowest BCUT2D eigenvalue weighted by molar-refractivity contribution is -0.140. The van der Waals surface area contributed by atoms with Gasteiger partial charge in [0, 0.05) is 24.1 Å². The molecule has 4 heteroatoms. The molecule has 1 N–H and O–H groups in total. The number of aryl methyl sites for hydroxylation is 1. The predicted octanol–water partition coefficient (Wildman–Crippen LogP) is 3.74. The number of amides is 1. The topological polar surface area (TPSA) is 40.5 Å². The zero-order chi connectivity index (χ0) is 16.9. The Kier molecular flexibility index (Phi) is 5.59. The van der Waals surface area contributed by atoms with E-state index in [4.69, 9.17) is 0 Å². The van der Waals surface area contributed by atoms with Crippen LogP contribution in [0.3, 0.4) is 0 Å². The van der Waals surface area contributed by atoms with E-state index in [1.165, 1.54) is 11.1 Å². The van der Waals surface area contributed by atoms with Gasteiger partial charge in [-0.1, -0.05) is 54.6 Å². The van der Waals surface area contributed by atoms with Crippen molar-refractivity contribution >= 4 is 17.7 Å². The second-order valence-corrected chi connectivity index (χ2v) is 7.45. The Balaban J connectivity index is 1.67. The van der Waals surface area contributed by atoms with Crippen LogP contribution in [0, 0.1) is 6.92 Å². The van der Waals surface area contributed by atoms with Crippen molar-refractivity contribution in [2.24, 2.45) is 0 Å². The van der Waals surface area contributed by atoms with Crippen LogP contribution < -0.4 is 0 Å². The number of rotatable bonds is 3. The van der Waals surface area contributed by atoms with Crippen molar-refractivity contribution in [3.05, 3.63) is 71.3 Å². The molecular weight excluding hydrogens is 318 g/mol. The van der Waals surface area contributed by atoms with Crippen LogP contribution in [-0.2, 0) is 4.79 Å². The molecule has 1 amide bonds. The van der Waals surface area contributed by atoms with E-state index in [2.05, 4.69) is 31.2 Å². The summed E-state index contributed by atoms with van der Waals surface area (Å²) >= 11 is 1.90. The molecule has 126 valence electrons. The summed E-state index contributed by atoms with van der Waals surface area (Å²) in [5.74, 6) is 0.707. The van der Waals surface area contributed by atoms with E-state index >= 15 is 0 Å². The fraction of sp³-hybridized carbons (Fsp3) is 0.350. The summed E-state index contributed by atoms with van der Waals surface area (Å²) in [6, 6.07) is 17.6. The molecule has 0 spiro atoms. The van der Waals surface area contributed by atoms with Crippen molar-refractivity contribution in [1.82, 2.24) is 4.90 Å². The third-order valence-electron chi connectivity index (χ3n) is 4.54. The monoisotopic (exact) mass is 341 g/mol. The number of hydrogen-bond acceptors (Lipinski definition) is 3. The molecular formula is C20H23NO2S. The van der Waals surface area contributed by atoms with Crippen LogP contribution in [0.2, 0.25) is 0 Å². The first-order valence-corrected chi connectivity index (χ1v) is 9.40. The molecule has 1 aliphatic rings. The largest absolute Gasteiger partial charge is 0.378 e. The lowest BCUT2D eigenvalue weighted by Crippen LogP contribution is -2.36. The van der Waals surface area contributed by atoms with Crippen molar-refractivity contribution in [2.45, 2.75) is 24.7 Å². The number of nitrogens with zero attached hydrogens (tertiary/aromatic N) is 1. The molecule has 1 fully saturated rings. The first-order chi connectivity index (χ1) is 11.7. The van der Waals surface area contributed by atoms with Gasteiger partial charge in [0.2, 0.25) is 0 Å². The SMILES string of the molecule is Cc1ccccc1C1CCN(C(=O)C(O)c2ccccc2)CCS1. The summed E-state index contributed by atoms with van der Waals surface area (Å²) in [4.78, 5) is 14.4. The van der Waals surface area contributed by atoms with E-state index in [-0.39, 0.29) is 5.91 Å². The van der Waals surface area contributed by atoms with Crippen LogP contribution in [0.15, 0.2) is 54.6 Å². The lowest BCUT2D eigenvalue weighted by Gasteiger charge is -2.23. The molecule has 0 aromatic heterocycles. The minimum absolute atomic E-state index is 0.188. The number of thioether (sulfide) groups is 1. The first-order valence-electron chi connectivity index (χ1n) is 8.36. The highest BCUT2D eigenvalue weighted by atomic mass is 32.2. The van der Waals surface area contributed by atoms with Crippen LogP contribution in [0.1, 0.15) is 34.5 Å². The summed E-state index contributed by atoms with van der Waals surface area (Å²) in [5.41, 5.74) is 3.33. The fourth-order valence-corrected chi connectivity index (χ4v) is 4.46. The zero-order valence-electron chi connectivity index (χ0n) is 13.9. The molecule has 1 aliphatic heterocycles. The number of carbonyl (C=O) groups is 1. The van der Waals surface area contributed by atoms with Gasteiger partial charge in [0.25, 0.3) is 5.91 Å². The highest BCUT2D eigenvalue weighted by Gasteiger charge is 2.27. The number of aliphatic hydroxyl groups excluding tert-OH is 1. The quantitative estimate of drug-likeness (QED) is 0.925. The third kappa shape index (κ3) is 3.82. The number of hydrogen-bond donors (Lipinski definition) is 1. The second-order valence-electron chi connectivity index (χ2n) is 6.14. The molecule has 24 heavy (non-hydrogen) atoms. The van der Waals surface area contributed by atoms with E-state index in [1.54, 1.807) is 12.1 Å². The Labute approximate surface area is 147 Å². The smallest absolute Gasteiger partial charge is 0.256 e. The average molecular weight is 341 g/mol. The van der Waals surface area contributed by atoms with Gasteiger partial charge in [-0.05, 0) is 30.0 Å². The maximum atomic E-state index is 12.6. The summed E-state index contributed by atoms with van der Waals surface area (Å²) in [7, 11) is 0. The van der Waals surface area contributed by atoms with Gasteiger partial charge in [-0.15, -0.1) is 0 Å². The summed E-state index contributed by atoms with van der Waals surface area (Å²) in [6.07, 6.45) is -0.144. The van der Waals surface area contributed by atoms with E-state index in [1.807, 2.05) is 34.9 Å². The van der Waals surface area contributed by atoms with Gasteiger partial charge in [0.15, 0.2) is 6.10 Å². The highest BCUT2D eigenvalue weighted by Crippen LogP contribution is 2.36. The normalized spacial score (nSPS) is 19.6. The van der Waals surface area contributed by atoms with Gasteiger partial charge in [-0.3, -0.25) is 4.79 Å². The molecule has 2 unspecified atom stereocenters. The summed E-state index contributed by atoms with van der Waals surface area (Å²) in [5, 5.41) is 10.8. The second kappa shape index (κ2) is 7.86. The minimum atomic E-state index is -1.06. The average Bonchev–Trinajstić information content (AvgIpc) is 2.88. The Morgan fingerprint density at radius 3 is 2.58 bits per heavy atom. The number of aliphatic hydroxyl groups is 1. The van der Waals surface area contributed by atoms with E-state index in [0.29, 0.717) is 23.9 Å². The van der Waals surface area contributed by atoms with E-state index in [9.17, 15) is 9.90 Å². The fourth-order valence-electron chi connectivity index (χ4n) is 3.14. The molecule has 1 heterocycles. The van der Waals surface area contributed by atoms with Gasteiger partial charge in [0.05, 0.1) is 0 Å². The van der Waals surface area contributed by atoms with Crippen molar-refractivity contribution < 1.29 is 9.90 Å². The van der Waals surface area contributed by atoms with Crippen molar-refractivity contribution in [1.29, 1.82) is 0 Å². The molecule has 2 aromatic carbocycles. The Hall–Kier alpha value is -1.78. The van der Waals surface area contributed by atoms with Crippen molar-refractivity contribution in [3.8, 4) is 0 Å². The Bertz CT molecular complexity index is 689. The minimum Gasteiger partial charge on any atom is -0.378 e. The van der Waals surface area contributed by atoms with Crippen LogP contribution in [0.4, 0.5) is 0 Å². The van der Waals surface area contributed by atoms with Crippen molar-refractivity contribution in [2.75, 3.05) is 18.8 Å². The molecule has 0 saturated carbocycles. The maximum absolute atomic E-state index is 12.6. The predicted molar refractivity (Wildman–Crippen MR) is 99.0 cm³/mol. The molecule has 1 saturated heterocycles. The molecule has 3 rings (SSSR count). The molecule has 2 atom stereocenters. The lowest BCUT2D eigenvalue weighted by atomic mass is 10.0. The molecule has 0 aliphatic carbocycles. The molecule has 2 aromatic rings. The maximum Gasteiger partial charge on any atom is 0.256 e. The molecule has 0 bridgehead atoms.